The summed E-state index contributed by atoms with van der Waals surface area (Å²) in [5, 5.41) is 33.1. The molecule has 0 rings (SSSR count). The van der Waals surface area contributed by atoms with Crippen molar-refractivity contribution >= 4 is 17.9 Å². The predicted molar refractivity (Wildman–Crippen MR) is 189 cm³/mol. The van der Waals surface area contributed by atoms with Gasteiger partial charge in [-0.15, -0.1) is 0 Å². The third-order valence-electron chi connectivity index (χ3n) is 9.83. The summed E-state index contributed by atoms with van der Waals surface area (Å²) in [6, 6.07) is -3.33. The zero-order valence-electron chi connectivity index (χ0n) is 30.5. The number of carbonyl (C=O) groups excluding carboxylic acids is 1. The second-order valence-corrected chi connectivity index (χ2v) is 13.7. The molecule has 0 spiro atoms. The number of quaternary nitrogens is 1. The number of carboxylic acid groups (broad SMARTS) is 3. The molecule has 7 heteroatoms. The molecule has 0 aliphatic carbocycles. The van der Waals surface area contributed by atoms with Crippen molar-refractivity contribution in [2.45, 2.75) is 213 Å². The lowest BCUT2D eigenvalue weighted by Gasteiger charge is -2.52. The number of nitrogens with zero attached hydrogens (tertiary/aromatic N) is 1. The van der Waals surface area contributed by atoms with E-state index in [0.717, 1.165) is 25.7 Å². The largest absolute Gasteiger partial charge is 0.544 e. The van der Waals surface area contributed by atoms with Crippen LogP contribution in [0.1, 0.15) is 195 Å². The molecule has 46 heavy (non-hydrogen) atoms. The average Bonchev–Trinajstić information content (AvgIpc) is 3.02. The van der Waals surface area contributed by atoms with Crippen LogP contribution in [-0.2, 0) is 14.4 Å². The van der Waals surface area contributed by atoms with Gasteiger partial charge in [-0.25, -0.2) is 9.59 Å². The summed E-state index contributed by atoms with van der Waals surface area (Å²) in [6.07, 6.45) is 31.4. The molecule has 0 aliphatic rings. The Morgan fingerprint density at radius 2 is 0.826 bits per heavy atom. The van der Waals surface area contributed by atoms with Crippen molar-refractivity contribution in [1.29, 1.82) is 0 Å². The van der Waals surface area contributed by atoms with Crippen LogP contribution < -0.4 is 5.11 Å². The number of rotatable bonds is 34. The monoisotopic (exact) mass is 652 g/mol. The molecular formula is C39H73NO6. The fourth-order valence-corrected chi connectivity index (χ4v) is 7.33. The predicted octanol–water partition coefficient (Wildman–Crippen LogP) is 9.61. The van der Waals surface area contributed by atoms with Gasteiger partial charge in [-0.3, -0.25) is 4.48 Å². The van der Waals surface area contributed by atoms with E-state index in [1.807, 2.05) is 20.8 Å². The van der Waals surface area contributed by atoms with Gasteiger partial charge in [0.15, 0.2) is 12.1 Å². The molecule has 0 heterocycles. The number of carboxylic acids is 3. The number of carbonyl (C=O) groups is 3. The number of hydrogen-bond acceptors (Lipinski definition) is 4. The van der Waals surface area contributed by atoms with Crippen molar-refractivity contribution in [1.82, 2.24) is 0 Å². The number of aliphatic carboxylic acids is 3. The van der Waals surface area contributed by atoms with Gasteiger partial charge in [0.2, 0.25) is 0 Å². The van der Waals surface area contributed by atoms with E-state index in [2.05, 4.69) is 19.1 Å². The summed E-state index contributed by atoms with van der Waals surface area (Å²) < 4.78 is -0.434. The molecule has 270 valence electrons. The minimum atomic E-state index is -1.33. The van der Waals surface area contributed by atoms with Crippen LogP contribution in [-0.4, -0.2) is 57.3 Å². The standard InChI is InChI=1S/C39H73NO6/c1-5-9-10-11-12-13-14-15-16-17-18-19-20-21-22-23-24-25-26-27-28-29-33-40(34(30-6-2)37(41)42,35(31-7-3)38(43)44)36(32-8-4)39(45)46/h17-18,34-36H,5-16,19-33H2,1-4H3,(H2-,41,42,43,44,45,46)/b18-17+. The first-order chi connectivity index (χ1) is 22.2. The zero-order chi connectivity index (χ0) is 34.5. The highest BCUT2D eigenvalue weighted by atomic mass is 16.4. The molecule has 0 amide bonds. The molecule has 0 saturated heterocycles. The lowest BCUT2D eigenvalue weighted by atomic mass is 9.91. The normalized spacial score (nSPS) is 15.0. The Balaban J connectivity index is 4.60. The first-order valence-electron chi connectivity index (χ1n) is 19.4. The van der Waals surface area contributed by atoms with E-state index in [1.54, 1.807) is 0 Å². The molecule has 0 aromatic heterocycles. The topological polar surface area (TPSA) is 115 Å². The van der Waals surface area contributed by atoms with E-state index in [-0.39, 0.29) is 25.8 Å². The highest BCUT2D eigenvalue weighted by molar-refractivity contribution is 5.77. The first-order valence-corrected chi connectivity index (χ1v) is 19.4. The van der Waals surface area contributed by atoms with Crippen LogP contribution in [0.15, 0.2) is 12.2 Å². The molecule has 0 radical (unpaired) electrons. The molecule has 3 atom stereocenters. The fourth-order valence-electron chi connectivity index (χ4n) is 7.33. The molecule has 0 bridgehead atoms. The van der Waals surface area contributed by atoms with E-state index in [4.69, 9.17) is 0 Å². The van der Waals surface area contributed by atoms with E-state index in [1.165, 1.54) is 96.3 Å². The Morgan fingerprint density at radius 3 is 1.15 bits per heavy atom. The summed E-state index contributed by atoms with van der Waals surface area (Å²) in [5.74, 6) is -3.55. The van der Waals surface area contributed by atoms with Crippen LogP contribution in [0.5, 0.6) is 0 Å². The third kappa shape index (κ3) is 18.4. The van der Waals surface area contributed by atoms with E-state index in [0.29, 0.717) is 25.7 Å². The molecule has 3 unspecified atom stereocenters. The van der Waals surface area contributed by atoms with Crippen molar-refractivity contribution in [2.24, 2.45) is 0 Å². The molecule has 0 aliphatic heterocycles. The first kappa shape index (κ1) is 44.1. The second-order valence-electron chi connectivity index (χ2n) is 13.7. The smallest absolute Gasteiger partial charge is 0.362 e. The quantitative estimate of drug-likeness (QED) is 0.0407. The van der Waals surface area contributed by atoms with Crippen LogP contribution in [0, 0.1) is 0 Å². The van der Waals surface area contributed by atoms with Gasteiger partial charge in [-0.05, 0) is 51.4 Å². The lowest BCUT2D eigenvalue weighted by Crippen LogP contribution is -2.74. The highest BCUT2D eigenvalue weighted by Gasteiger charge is 2.54. The maximum Gasteiger partial charge on any atom is 0.362 e. The summed E-state index contributed by atoms with van der Waals surface area (Å²) >= 11 is 0. The van der Waals surface area contributed by atoms with Crippen LogP contribution in [0.25, 0.3) is 0 Å². The Hall–Kier alpha value is -1.89. The summed E-state index contributed by atoms with van der Waals surface area (Å²) in [6.45, 7) is 8.09. The number of hydrogen-bond donors (Lipinski definition) is 2. The molecule has 0 aromatic rings. The minimum Gasteiger partial charge on any atom is -0.544 e. The Morgan fingerprint density at radius 1 is 0.500 bits per heavy atom. The van der Waals surface area contributed by atoms with Crippen molar-refractivity contribution in [3.8, 4) is 0 Å². The molecule has 0 saturated carbocycles. The molecule has 2 N–H and O–H groups in total. The van der Waals surface area contributed by atoms with Crippen molar-refractivity contribution in [3.63, 3.8) is 0 Å². The van der Waals surface area contributed by atoms with Gasteiger partial charge < -0.3 is 20.1 Å². The van der Waals surface area contributed by atoms with Crippen molar-refractivity contribution in [2.75, 3.05) is 6.54 Å². The fraction of sp³-hybridized carbons (Fsp3) is 0.872. The van der Waals surface area contributed by atoms with Gasteiger partial charge in [-0.1, -0.05) is 136 Å². The summed E-state index contributed by atoms with van der Waals surface area (Å²) in [7, 11) is 0. The van der Waals surface area contributed by atoms with Crippen LogP contribution in [0.3, 0.4) is 0 Å². The van der Waals surface area contributed by atoms with Gasteiger partial charge >= 0.3 is 11.9 Å². The molecule has 0 fully saturated rings. The second kappa shape index (κ2) is 29.3. The maximum atomic E-state index is 12.6. The van der Waals surface area contributed by atoms with Crippen molar-refractivity contribution < 1.29 is 34.2 Å². The Labute approximate surface area is 283 Å². The Bertz CT molecular complexity index is 738. The van der Waals surface area contributed by atoms with E-state index < -0.39 is 40.5 Å². The van der Waals surface area contributed by atoms with E-state index >= 15 is 0 Å². The van der Waals surface area contributed by atoms with Gasteiger partial charge in [-0.2, -0.15) is 0 Å². The van der Waals surface area contributed by atoms with Crippen LogP contribution >= 0.6 is 0 Å². The van der Waals surface area contributed by atoms with Gasteiger partial charge in [0.1, 0.15) is 6.04 Å². The van der Waals surface area contributed by atoms with Crippen LogP contribution in [0.2, 0.25) is 0 Å². The summed E-state index contributed by atoms with van der Waals surface area (Å²) in [5.41, 5.74) is 0. The van der Waals surface area contributed by atoms with Crippen molar-refractivity contribution in [3.05, 3.63) is 12.2 Å². The Kier molecular flexibility index (Phi) is 28.1. The molecular weight excluding hydrogens is 578 g/mol. The van der Waals surface area contributed by atoms with Crippen LogP contribution in [0.4, 0.5) is 0 Å². The third-order valence-corrected chi connectivity index (χ3v) is 9.83. The average molecular weight is 652 g/mol. The minimum absolute atomic E-state index is 0.207. The number of unbranched alkanes of at least 4 members (excludes halogenated alkanes) is 18. The van der Waals surface area contributed by atoms with Gasteiger partial charge in [0.25, 0.3) is 0 Å². The van der Waals surface area contributed by atoms with Gasteiger partial charge in [0.05, 0.1) is 12.5 Å². The molecule has 7 nitrogen and oxygen atoms in total. The van der Waals surface area contributed by atoms with E-state index in [9.17, 15) is 29.7 Å². The SMILES string of the molecule is CCCCCCCCCC/C=C/CCCCCCCCCCCC[N+](C(CCC)C(=O)[O-])(C(CCC)C(=O)O)C(CCC)C(=O)O. The summed E-state index contributed by atoms with van der Waals surface area (Å²) in [4.78, 5) is 37.7. The molecule has 0 aromatic carbocycles. The van der Waals surface area contributed by atoms with Gasteiger partial charge in [0, 0.05) is 19.3 Å². The highest BCUT2D eigenvalue weighted by Crippen LogP contribution is 2.34. The number of allylic oxidation sites excluding steroid dienone is 2. The maximum absolute atomic E-state index is 12.6. The lowest BCUT2D eigenvalue weighted by molar-refractivity contribution is -0.975. The zero-order valence-corrected chi connectivity index (χ0v) is 30.5.